The number of carbonyl (C=O) groups excluding carboxylic acids is 1. The highest BCUT2D eigenvalue weighted by molar-refractivity contribution is 9.10. The number of hydrogen-bond donors (Lipinski definition) is 1. The van der Waals surface area contributed by atoms with Crippen LogP contribution < -0.4 is 9.73 Å². The molecular weight excluding hydrogens is 552 g/mol. The summed E-state index contributed by atoms with van der Waals surface area (Å²) in [5.74, 6) is -0.566. The Hall–Kier alpha value is -3.69. The molecule has 0 unspecified atom stereocenters. The van der Waals surface area contributed by atoms with Gasteiger partial charge in [0.2, 0.25) is 0 Å². The van der Waals surface area contributed by atoms with Gasteiger partial charge in [0.15, 0.2) is 0 Å². The molecule has 0 saturated carbocycles. The standard InChI is InChI=1S/C28H27BrN4O3S/c1-20-12-14-27(15-13-20)37(35,36)32(26-11-7-8-24(29)17-26)19-28(34)31-30-18-23-16-21(2)33(22(23)3)25-9-5-4-6-10-25/h4-18H,19H2,1-3H3,(H,31,34)/b30-18-. The van der Waals surface area contributed by atoms with E-state index in [1.165, 1.54) is 12.1 Å². The number of aromatic nitrogens is 1. The SMILES string of the molecule is Cc1ccc(S(=O)(=O)N(CC(=O)N/N=C\c2cc(C)n(-c3ccccc3)c2C)c2cccc(Br)c2)cc1. The van der Waals surface area contributed by atoms with Crippen molar-refractivity contribution in [2.24, 2.45) is 5.10 Å². The van der Waals surface area contributed by atoms with E-state index < -0.39 is 22.5 Å². The Bertz CT molecular complexity index is 1550. The number of hydrogen-bond acceptors (Lipinski definition) is 4. The molecule has 1 heterocycles. The molecular formula is C28H27BrN4O3S. The Kier molecular flexibility index (Phi) is 7.94. The second-order valence-electron chi connectivity index (χ2n) is 8.60. The molecule has 1 N–H and O–H groups in total. The van der Waals surface area contributed by atoms with Gasteiger partial charge in [0.1, 0.15) is 6.54 Å². The van der Waals surface area contributed by atoms with Crippen LogP contribution in [0.3, 0.4) is 0 Å². The smallest absolute Gasteiger partial charge is 0.264 e. The lowest BCUT2D eigenvalue weighted by molar-refractivity contribution is -0.119. The lowest BCUT2D eigenvalue weighted by Crippen LogP contribution is -2.39. The highest BCUT2D eigenvalue weighted by Crippen LogP contribution is 2.26. The van der Waals surface area contributed by atoms with Gasteiger partial charge in [-0.3, -0.25) is 9.10 Å². The quantitative estimate of drug-likeness (QED) is 0.221. The maximum atomic E-state index is 13.5. The van der Waals surface area contributed by atoms with Crippen LogP contribution in [0.4, 0.5) is 5.69 Å². The van der Waals surface area contributed by atoms with Gasteiger partial charge in [-0.15, -0.1) is 0 Å². The van der Waals surface area contributed by atoms with E-state index in [1.807, 2.05) is 57.2 Å². The zero-order chi connectivity index (χ0) is 26.6. The van der Waals surface area contributed by atoms with Gasteiger partial charge >= 0.3 is 0 Å². The average molecular weight is 580 g/mol. The van der Waals surface area contributed by atoms with Gasteiger partial charge < -0.3 is 4.57 Å². The van der Waals surface area contributed by atoms with E-state index in [0.29, 0.717) is 10.2 Å². The highest BCUT2D eigenvalue weighted by atomic mass is 79.9. The van der Waals surface area contributed by atoms with Crippen LogP contribution in [0, 0.1) is 20.8 Å². The third-order valence-electron chi connectivity index (χ3n) is 5.87. The number of aryl methyl sites for hydroxylation is 2. The number of anilines is 1. The predicted molar refractivity (Wildman–Crippen MR) is 151 cm³/mol. The van der Waals surface area contributed by atoms with E-state index in [0.717, 1.165) is 32.5 Å². The van der Waals surface area contributed by atoms with Crippen LogP contribution in [0.15, 0.2) is 99.4 Å². The van der Waals surface area contributed by atoms with Crippen molar-refractivity contribution in [3.05, 3.63) is 112 Å². The van der Waals surface area contributed by atoms with Crippen LogP contribution in [0.25, 0.3) is 5.69 Å². The number of nitrogens with zero attached hydrogens (tertiary/aromatic N) is 3. The van der Waals surface area contributed by atoms with Gasteiger partial charge in [-0.05, 0) is 69.3 Å². The van der Waals surface area contributed by atoms with Crippen molar-refractivity contribution in [1.29, 1.82) is 0 Å². The van der Waals surface area contributed by atoms with E-state index >= 15 is 0 Å². The topological polar surface area (TPSA) is 83.8 Å². The van der Waals surface area contributed by atoms with Crippen molar-refractivity contribution < 1.29 is 13.2 Å². The van der Waals surface area contributed by atoms with Gasteiger partial charge in [-0.1, -0.05) is 57.9 Å². The van der Waals surface area contributed by atoms with Gasteiger partial charge in [-0.25, -0.2) is 13.8 Å². The summed E-state index contributed by atoms with van der Waals surface area (Å²) >= 11 is 3.38. The number of hydrazone groups is 1. The molecule has 37 heavy (non-hydrogen) atoms. The molecule has 9 heteroatoms. The molecule has 0 atom stereocenters. The van der Waals surface area contributed by atoms with Gasteiger partial charge in [-0.2, -0.15) is 5.10 Å². The summed E-state index contributed by atoms with van der Waals surface area (Å²) < 4.78 is 30.9. The maximum Gasteiger partial charge on any atom is 0.264 e. The maximum absolute atomic E-state index is 13.5. The lowest BCUT2D eigenvalue weighted by atomic mass is 10.2. The summed E-state index contributed by atoms with van der Waals surface area (Å²) in [6, 6.07) is 25.3. The first-order valence-electron chi connectivity index (χ1n) is 11.6. The molecule has 7 nitrogen and oxygen atoms in total. The molecule has 0 spiro atoms. The molecule has 4 aromatic rings. The Balaban J connectivity index is 1.55. The normalized spacial score (nSPS) is 11.6. The first-order chi connectivity index (χ1) is 17.7. The summed E-state index contributed by atoms with van der Waals surface area (Å²) in [5, 5.41) is 4.11. The average Bonchev–Trinajstić information content (AvgIpc) is 3.15. The lowest BCUT2D eigenvalue weighted by Gasteiger charge is -2.24. The van der Waals surface area contributed by atoms with Gasteiger partial charge in [0.05, 0.1) is 16.8 Å². The molecule has 0 radical (unpaired) electrons. The number of sulfonamides is 1. The number of halogens is 1. The van der Waals surface area contributed by atoms with Crippen LogP contribution in [-0.2, 0) is 14.8 Å². The second-order valence-corrected chi connectivity index (χ2v) is 11.4. The first kappa shape index (κ1) is 26.4. The minimum Gasteiger partial charge on any atom is -0.318 e. The summed E-state index contributed by atoms with van der Waals surface area (Å²) in [5.41, 5.74) is 7.66. The predicted octanol–water partition coefficient (Wildman–Crippen LogP) is 5.51. The van der Waals surface area contributed by atoms with Crippen molar-refractivity contribution in [3.8, 4) is 5.69 Å². The van der Waals surface area contributed by atoms with Crippen LogP contribution in [0.2, 0.25) is 0 Å². The molecule has 1 aromatic heterocycles. The Morgan fingerprint density at radius 1 is 0.973 bits per heavy atom. The Labute approximate surface area is 225 Å². The zero-order valence-electron chi connectivity index (χ0n) is 20.7. The van der Waals surface area contributed by atoms with Crippen LogP contribution in [0.1, 0.15) is 22.5 Å². The minimum atomic E-state index is -4.00. The van der Waals surface area contributed by atoms with E-state index in [4.69, 9.17) is 0 Å². The van der Waals surface area contributed by atoms with E-state index in [1.54, 1.807) is 42.6 Å². The number of benzene rings is 3. The first-order valence-corrected chi connectivity index (χ1v) is 13.8. The fourth-order valence-corrected chi connectivity index (χ4v) is 5.82. The highest BCUT2D eigenvalue weighted by Gasteiger charge is 2.27. The van der Waals surface area contributed by atoms with Gasteiger partial charge in [0, 0.05) is 27.1 Å². The number of para-hydroxylation sites is 1. The molecule has 0 bridgehead atoms. The largest absolute Gasteiger partial charge is 0.318 e. The Morgan fingerprint density at radius 3 is 2.35 bits per heavy atom. The molecule has 4 rings (SSSR count). The number of amides is 1. The molecule has 0 aliphatic carbocycles. The van der Waals surface area contributed by atoms with Gasteiger partial charge in [0.25, 0.3) is 15.9 Å². The van der Waals surface area contributed by atoms with Crippen molar-refractivity contribution in [2.45, 2.75) is 25.7 Å². The molecule has 0 saturated heterocycles. The number of rotatable bonds is 8. The molecule has 190 valence electrons. The second kappa shape index (κ2) is 11.1. The number of carbonyl (C=O) groups is 1. The molecule has 1 amide bonds. The summed E-state index contributed by atoms with van der Waals surface area (Å²) in [7, 11) is -4.00. The van der Waals surface area contributed by atoms with Crippen molar-refractivity contribution in [1.82, 2.24) is 9.99 Å². The summed E-state index contributed by atoms with van der Waals surface area (Å²) in [6.07, 6.45) is 1.57. The van der Waals surface area contributed by atoms with E-state index in [9.17, 15) is 13.2 Å². The van der Waals surface area contributed by atoms with Crippen molar-refractivity contribution in [3.63, 3.8) is 0 Å². The van der Waals surface area contributed by atoms with E-state index in [2.05, 4.69) is 31.0 Å². The third kappa shape index (κ3) is 6.00. The fourth-order valence-electron chi connectivity index (χ4n) is 4.02. The fraction of sp³-hybridized carbons (Fsp3) is 0.143. The summed E-state index contributed by atoms with van der Waals surface area (Å²) in [6.45, 7) is 5.42. The van der Waals surface area contributed by atoms with Crippen molar-refractivity contribution >= 4 is 43.8 Å². The van der Waals surface area contributed by atoms with Crippen LogP contribution in [0.5, 0.6) is 0 Å². The monoisotopic (exact) mass is 578 g/mol. The molecule has 0 aliphatic rings. The third-order valence-corrected chi connectivity index (χ3v) is 8.15. The molecule has 0 fully saturated rings. The Morgan fingerprint density at radius 2 is 1.68 bits per heavy atom. The van der Waals surface area contributed by atoms with E-state index in [-0.39, 0.29) is 4.90 Å². The number of nitrogens with one attached hydrogen (secondary N) is 1. The summed E-state index contributed by atoms with van der Waals surface area (Å²) in [4.78, 5) is 13.0. The molecule has 0 aliphatic heterocycles. The molecule has 3 aromatic carbocycles. The van der Waals surface area contributed by atoms with Crippen LogP contribution in [-0.4, -0.2) is 31.7 Å². The van der Waals surface area contributed by atoms with Crippen molar-refractivity contribution in [2.75, 3.05) is 10.8 Å². The zero-order valence-corrected chi connectivity index (χ0v) is 23.1. The van der Waals surface area contributed by atoms with Crippen LogP contribution >= 0.6 is 15.9 Å². The minimum absolute atomic E-state index is 0.0997.